The van der Waals surface area contributed by atoms with Crippen LogP contribution in [0.4, 0.5) is 0 Å². The van der Waals surface area contributed by atoms with E-state index in [2.05, 4.69) is 54.5 Å². The predicted molar refractivity (Wildman–Crippen MR) is 78.6 cm³/mol. The molecular formula is C16H20N2. The third kappa shape index (κ3) is 3.17. The summed E-state index contributed by atoms with van der Waals surface area (Å²) in [4.78, 5) is 4.38. The van der Waals surface area contributed by atoms with E-state index in [-0.39, 0.29) is 0 Å². The van der Waals surface area contributed by atoms with Crippen molar-refractivity contribution in [1.82, 2.24) is 10.3 Å². The lowest BCUT2D eigenvalue weighted by Crippen LogP contribution is -2.16. The number of nitrogens with zero attached hydrogens (tertiary/aromatic N) is 1. The van der Waals surface area contributed by atoms with Crippen molar-refractivity contribution < 1.29 is 0 Å². The molecule has 0 aliphatic carbocycles. The maximum absolute atomic E-state index is 4.38. The van der Waals surface area contributed by atoms with Gasteiger partial charge in [-0.05, 0) is 37.6 Å². The average molecular weight is 240 g/mol. The van der Waals surface area contributed by atoms with E-state index in [1.165, 1.54) is 22.9 Å². The Hall–Kier alpha value is -1.67. The molecule has 0 saturated carbocycles. The second-order valence-electron chi connectivity index (χ2n) is 4.58. The Labute approximate surface area is 109 Å². The Balaban J connectivity index is 2.23. The lowest BCUT2D eigenvalue weighted by atomic mass is 10.1. The molecule has 0 unspecified atom stereocenters. The highest BCUT2D eigenvalue weighted by molar-refractivity contribution is 5.87. The smallest absolute Gasteiger partial charge is 0.0707 e. The average Bonchev–Trinajstić information content (AvgIpc) is 2.39. The number of aromatic nitrogens is 1. The van der Waals surface area contributed by atoms with Crippen LogP contribution in [0.15, 0.2) is 42.1 Å². The molecule has 0 aliphatic heterocycles. The lowest BCUT2D eigenvalue weighted by molar-refractivity contribution is 0.715. The summed E-state index contributed by atoms with van der Waals surface area (Å²) in [5, 5.41) is 4.64. The Morgan fingerprint density at radius 3 is 2.94 bits per heavy atom. The molecule has 1 aromatic carbocycles. The monoisotopic (exact) mass is 240 g/mol. The van der Waals surface area contributed by atoms with Crippen molar-refractivity contribution in [2.45, 2.75) is 20.3 Å². The van der Waals surface area contributed by atoms with E-state index in [1.807, 2.05) is 12.3 Å². The summed E-state index contributed by atoms with van der Waals surface area (Å²) in [7, 11) is 0. The van der Waals surface area contributed by atoms with Gasteiger partial charge < -0.3 is 5.32 Å². The third-order valence-electron chi connectivity index (χ3n) is 2.92. The molecule has 2 rings (SSSR count). The molecule has 0 spiro atoms. The van der Waals surface area contributed by atoms with E-state index >= 15 is 0 Å². The van der Waals surface area contributed by atoms with Gasteiger partial charge in [0.2, 0.25) is 0 Å². The number of fused-ring (bicyclic) bond motifs is 1. The van der Waals surface area contributed by atoms with Gasteiger partial charge in [0.1, 0.15) is 0 Å². The van der Waals surface area contributed by atoms with Gasteiger partial charge in [-0.15, -0.1) is 0 Å². The number of hydrogen-bond donors (Lipinski definition) is 1. The zero-order valence-electron chi connectivity index (χ0n) is 11.1. The summed E-state index contributed by atoms with van der Waals surface area (Å²) in [6.45, 7) is 6.37. The molecule has 0 aliphatic rings. The van der Waals surface area contributed by atoms with Crippen molar-refractivity contribution in [3.8, 4) is 0 Å². The summed E-state index contributed by atoms with van der Waals surface area (Å²) in [6.07, 6.45) is 5.29. The topological polar surface area (TPSA) is 24.9 Å². The van der Waals surface area contributed by atoms with Crippen LogP contribution in [0.2, 0.25) is 0 Å². The second-order valence-corrected chi connectivity index (χ2v) is 4.58. The highest BCUT2D eigenvalue weighted by Crippen LogP contribution is 2.18. The van der Waals surface area contributed by atoms with Crippen molar-refractivity contribution in [3.05, 3.63) is 47.7 Å². The minimum absolute atomic E-state index is 0.949. The van der Waals surface area contributed by atoms with Gasteiger partial charge in [-0.1, -0.05) is 36.8 Å². The van der Waals surface area contributed by atoms with E-state index in [1.54, 1.807) is 0 Å². The molecule has 18 heavy (non-hydrogen) atoms. The summed E-state index contributed by atoms with van der Waals surface area (Å²) >= 11 is 0. The minimum Gasteiger partial charge on any atom is -0.313 e. The number of benzene rings is 1. The maximum atomic E-state index is 4.38. The van der Waals surface area contributed by atoms with Crippen LogP contribution >= 0.6 is 0 Å². The van der Waals surface area contributed by atoms with Crippen LogP contribution in [0.5, 0.6) is 0 Å². The Bertz CT molecular complexity index is 538. The largest absolute Gasteiger partial charge is 0.313 e. The Morgan fingerprint density at radius 1 is 1.28 bits per heavy atom. The van der Waals surface area contributed by atoms with Crippen LogP contribution < -0.4 is 5.32 Å². The van der Waals surface area contributed by atoms with E-state index in [9.17, 15) is 0 Å². The molecule has 2 heteroatoms. The Kier molecular flexibility index (Phi) is 4.48. The van der Waals surface area contributed by atoms with Crippen molar-refractivity contribution in [2.24, 2.45) is 0 Å². The van der Waals surface area contributed by atoms with Gasteiger partial charge in [0, 0.05) is 18.1 Å². The number of pyridine rings is 1. The Morgan fingerprint density at radius 2 is 2.11 bits per heavy atom. The number of para-hydroxylation sites is 1. The number of nitrogens with one attached hydrogen (secondary N) is 1. The first-order chi connectivity index (χ1) is 8.81. The third-order valence-corrected chi connectivity index (χ3v) is 2.92. The molecular weight excluding hydrogens is 220 g/mol. The summed E-state index contributed by atoms with van der Waals surface area (Å²) < 4.78 is 0. The van der Waals surface area contributed by atoms with Crippen molar-refractivity contribution in [1.29, 1.82) is 0 Å². The molecule has 0 bridgehead atoms. The highest BCUT2D eigenvalue weighted by Gasteiger charge is 1.99. The molecule has 94 valence electrons. The van der Waals surface area contributed by atoms with E-state index < -0.39 is 0 Å². The first kappa shape index (κ1) is 12.8. The number of rotatable bonds is 5. The van der Waals surface area contributed by atoms with E-state index in [0.29, 0.717) is 0 Å². The van der Waals surface area contributed by atoms with Gasteiger partial charge in [0.05, 0.1) is 5.52 Å². The summed E-state index contributed by atoms with van der Waals surface area (Å²) in [5.41, 5.74) is 3.65. The first-order valence-corrected chi connectivity index (χ1v) is 6.53. The SMILES string of the molecule is CCCNCC(C)=Cc1ccnc2ccccc12. The quantitative estimate of drug-likeness (QED) is 0.807. The molecule has 1 aromatic heterocycles. The molecule has 0 fully saturated rings. The molecule has 1 N–H and O–H groups in total. The van der Waals surface area contributed by atoms with E-state index in [0.717, 1.165) is 18.6 Å². The van der Waals surface area contributed by atoms with Crippen molar-refractivity contribution in [2.75, 3.05) is 13.1 Å². The van der Waals surface area contributed by atoms with Gasteiger partial charge in [0.15, 0.2) is 0 Å². The van der Waals surface area contributed by atoms with Crippen molar-refractivity contribution in [3.63, 3.8) is 0 Å². The fourth-order valence-corrected chi connectivity index (χ4v) is 2.02. The molecule has 0 atom stereocenters. The van der Waals surface area contributed by atoms with Gasteiger partial charge >= 0.3 is 0 Å². The van der Waals surface area contributed by atoms with Crippen LogP contribution in [-0.2, 0) is 0 Å². The van der Waals surface area contributed by atoms with Crippen LogP contribution in [-0.4, -0.2) is 18.1 Å². The number of hydrogen-bond acceptors (Lipinski definition) is 2. The lowest BCUT2D eigenvalue weighted by Gasteiger charge is -2.05. The fourth-order valence-electron chi connectivity index (χ4n) is 2.02. The normalized spacial score (nSPS) is 12.0. The zero-order chi connectivity index (χ0) is 12.8. The van der Waals surface area contributed by atoms with Crippen LogP contribution in [0.1, 0.15) is 25.8 Å². The molecule has 2 nitrogen and oxygen atoms in total. The van der Waals surface area contributed by atoms with Crippen LogP contribution in [0.25, 0.3) is 17.0 Å². The van der Waals surface area contributed by atoms with Crippen LogP contribution in [0, 0.1) is 0 Å². The zero-order valence-corrected chi connectivity index (χ0v) is 11.1. The van der Waals surface area contributed by atoms with Gasteiger partial charge in [-0.25, -0.2) is 0 Å². The molecule has 2 aromatic rings. The predicted octanol–water partition coefficient (Wildman–Crippen LogP) is 3.64. The maximum Gasteiger partial charge on any atom is 0.0707 e. The standard InChI is InChI=1S/C16H20N2/c1-3-9-17-12-13(2)11-14-8-10-18-16-7-5-4-6-15(14)16/h4-8,10-11,17H,3,9,12H2,1-2H3. The highest BCUT2D eigenvalue weighted by atomic mass is 14.8. The summed E-state index contributed by atoms with van der Waals surface area (Å²) in [6, 6.07) is 10.3. The molecule has 0 saturated heterocycles. The second kappa shape index (κ2) is 6.31. The first-order valence-electron chi connectivity index (χ1n) is 6.53. The minimum atomic E-state index is 0.949. The molecule has 1 heterocycles. The fraction of sp³-hybridized carbons (Fsp3) is 0.312. The van der Waals surface area contributed by atoms with Crippen molar-refractivity contribution >= 4 is 17.0 Å². The summed E-state index contributed by atoms with van der Waals surface area (Å²) in [5.74, 6) is 0. The van der Waals surface area contributed by atoms with Gasteiger partial charge in [-0.2, -0.15) is 0 Å². The molecule has 0 radical (unpaired) electrons. The molecule has 0 amide bonds. The van der Waals surface area contributed by atoms with Gasteiger partial charge in [-0.3, -0.25) is 4.98 Å². The van der Waals surface area contributed by atoms with Gasteiger partial charge in [0.25, 0.3) is 0 Å². The van der Waals surface area contributed by atoms with Crippen LogP contribution in [0.3, 0.4) is 0 Å². The van der Waals surface area contributed by atoms with E-state index in [4.69, 9.17) is 0 Å².